The molecule has 1 aromatic heterocycles. The van der Waals surface area contributed by atoms with Gasteiger partial charge in [-0.2, -0.15) is 4.98 Å². The molecule has 1 aliphatic rings. The van der Waals surface area contributed by atoms with Crippen LogP contribution in [0.15, 0.2) is 4.52 Å². The quantitative estimate of drug-likeness (QED) is 0.842. The Morgan fingerprint density at radius 3 is 2.61 bits per heavy atom. The fourth-order valence-electron chi connectivity index (χ4n) is 2.57. The first-order valence-corrected chi connectivity index (χ1v) is 8.27. The molecule has 2 N–H and O–H groups in total. The summed E-state index contributed by atoms with van der Waals surface area (Å²) in [7, 11) is 0. The number of nitrogens with one attached hydrogen (secondary N) is 1. The predicted octanol–water partition coefficient (Wildman–Crippen LogP) is 1.08. The number of aromatic nitrogens is 2. The number of aliphatic hydroxyl groups is 1. The van der Waals surface area contributed by atoms with Crippen LogP contribution in [0.25, 0.3) is 0 Å². The average Bonchev–Trinajstić information content (AvgIpc) is 2.94. The number of likely N-dealkylation sites (tertiary alicyclic amines) is 1. The second kappa shape index (κ2) is 7.40. The molecule has 0 bridgehead atoms. The number of hydrogen-bond donors (Lipinski definition) is 2. The highest BCUT2D eigenvalue weighted by molar-refractivity contribution is 5.78. The first kappa shape index (κ1) is 17.9. The molecule has 0 spiro atoms. The minimum atomic E-state index is -0.505. The third kappa shape index (κ3) is 5.28. The minimum Gasteiger partial charge on any atom is -0.392 e. The van der Waals surface area contributed by atoms with Crippen LogP contribution < -0.4 is 5.32 Å². The Balaban J connectivity index is 1.78. The van der Waals surface area contributed by atoms with Crippen molar-refractivity contribution in [2.24, 2.45) is 5.92 Å². The van der Waals surface area contributed by atoms with Crippen LogP contribution in [0.5, 0.6) is 0 Å². The van der Waals surface area contributed by atoms with E-state index in [2.05, 4.69) is 20.4 Å². The number of nitrogens with zero attached hydrogens (tertiary/aromatic N) is 3. The summed E-state index contributed by atoms with van der Waals surface area (Å²) in [6.45, 7) is 10.4. The summed E-state index contributed by atoms with van der Waals surface area (Å²) < 4.78 is 5.31. The minimum absolute atomic E-state index is 0.0282. The van der Waals surface area contributed by atoms with Crippen LogP contribution in [0.4, 0.5) is 0 Å². The zero-order valence-electron chi connectivity index (χ0n) is 14.5. The molecule has 7 nitrogen and oxygen atoms in total. The van der Waals surface area contributed by atoms with Crippen LogP contribution in [0.1, 0.15) is 52.3 Å². The first-order chi connectivity index (χ1) is 10.8. The highest BCUT2D eigenvalue weighted by Gasteiger charge is 2.27. The Bertz CT molecular complexity index is 514. The van der Waals surface area contributed by atoms with Crippen molar-refractivity contribution in [3.05, 3.63) is 11.7 Å². The van der Waals surface area contributed by atoms with Crippen LogP contribution in [0, 0.1) is 5.92 Å². The maximum Gasteiger partial charge on any atom is 0.232 e. The molecule has 0 radical (unpaired) electrons. The summed E-state index contributed by atoms with van der Waals surface area (Å²) in [5.41, 5.74) is -0.139. The van der Waals surface area contributed by atoms with Gasteiger partial charge in [-0.05, 0) is 32.9 Å². The Morgan fingerprint density at radius 2 is 2.09 bits per heavy atom. The van der Waals surface area contributed by atoms with E-state index < -0.39 is 6.10 Å². The number of amides is 1. The lowest BCUT2D eigenvalue weighted by Gasteiger charge is -2.30. The van der Waals surface area contributed by atoms with Crippen LogP contribution in [0.2, 0.25) is 0 Å². The van der Waals surface area contributed by atoms with Crippen molar-refractivity contribution in [3.8, 4) is 0 Å². The number of aliphatic hydroxyl groups excluding tert-OH is 1. The molecule has 1 saturated heterocycles. The van der Waals surface area contributed by atoms with Crippen molar-refractivity contribution in [2.45, 2.75) is 58.6 Å². The Hall–Kier alpha value is -1.47. The van der Waals surface area contributed by atoms with Gasteiger partial charge >= 0.3 is 0 Å². The smallest absolute Gasteiger partial charge is 0.232 e. The molecule has 7 heteroatoms. The van der Waals surface area contributed by atoms with Crippen molar-refractivity contribution in [1.82, 2.24) is 20.4 Å². The van der Waals surface area contributed by atoms with E-state index in [4.69, 9.17) is 4.52 Å². The van der Waals surface area contributed by atoms with Gasteiger partial charge in [0.25, 0.3) is 0 Å². The SMILES string of the molecule is C[C@@H](O)CNC(=O)C1CCN(Cc2noc(C(C)(C)C)n2)CC1. The van der Waals surface area contributed by atoms with E-state index in [1.807, 2.05) is 20.8 Å². The van der Waals surface area contributed by atoms with Gasteiger partial charge in [-0.1, -0.05) is 25.9 Å². The molecule has 130 valence electrons. The summed E-state index contributed by atoms with van der Waals surface area (Å²) in [5, 5.41) is 16.1. The summed E-state index contributed by atoms with van der Waals surface area (Å²) in [4.78, 5) is 18.7. The monoisotopic (exact) mass is 324 g/mol. The summed E-state index contributed by atoms with van der Waals surface area (Å²) in [5.74, 6) is 1.42. The molecule has 1 atom stereocenters. The summed E-state index contributed by atoms with van der Waals surface area (Å²) in [6, 6.07) is 0. The standard InChI is InChI=1S/C16H28N4O3/c1-11(21)9-17-14(22)12-5-7-20(8-6-12)10-13-18-15(23-19-13)16(2,3)4/h11-12,21H,5-10H2,1-4H3,(H,17,22)/t11-/m1/s1. The fraction of sp³-hybridized carbons (Fsp3) is 0.812. The lowest BCUT2D eigenvalue weighted by Crippen LogP contribution is -2.42. The third-order valence-electron chi connectivity index (χ3n) is 4.00. The molecule has 1 fully saturated rings. The third-order valence-corrected chi connectivity index (χ3v) is 4.00. The number of hydrogen-bond acceptors (Lipinski definition) is 6. The lowest BCUT2D eigenvalue weighted by molar-refractivity contribution is -0.126. The second-order valence-corrected chi connectivity index (χ2v) is 7.41. The van der Waals surface area contributed by atoms with Crippen molar-refractivity contribution >= 4 is 5.91 Å². The average molecular weight is 324 g/mol. The van der Waals surface area contributed by atoms with Crippen LogP contribution in [-0.4, -0.2) is 51.8 Å². The molecule has 23 heavy (non-hydrogen) atoms. The fourth-order valence-corrected chi connectivity index (χ4v) is 2.57. The molecule has 2 rings (SSSR count). The van der Waals surface area contributed by atoms with Crippen LogP contribution in [-0.2, 0) is 16.8 Å². The number of rotatable bonds is 5. The molecular weight excluding hydrogens is 296 g/mol. The summed E-state index contributed by atoms with van der Waals surface area (Å²) >= 11 is 0. The molecule has 0 saturated carbocycles. The molecular formula is C16H28N4O3. The predicted molar refractivity (Wildman–Crippen MR) is 85.7 cm³/mol. The Labute approximate surface area is 137 Å². The molecule has 1 amide bonds. The molecule has 2 heterocycles. The lowest BCUT2D eigenvalue weighted by atomic mass is 9.96. The van der Waals surface area contributed by atoms with Gasteiger partial charge in [0.1, 0.15) is 0 Å². The van der Waals surface area contributed by atoms with Crippen LogP contribution >= 0.6 is 0 Å². The maximum absolute atomic E-state index is 12.0. The molecule has 1 aromatic rings. The van der Waals surface area contributed by atoms with Gasteiger partial charge in [-0.25, -0.2) is 0 Å². The van der Waals surface area contributed by atoms with Crippen molar-refractivity contribution in [2.75, 3.05) is 19.6 Å². The van der Waals surface area contributed by atoms with Gasteiger partial charge in [-0.3, -0.25) is 9.69 Å². The maximum atomic E-state index is 12.0. The zero-order chi connectivity index (χ0) is 17.0. The normalized spacial score (nSPS) is 18.8. The van der Waals surface area contributed by atoms with Gasteiger partial charge in [0.2, 0.25) is 11.8 Å². The van der Waals surface area contributed by atoms with Gasteiger partial charge in [-0.15, -0.1) is 0 Å². The van der Waals surface area contributed by atoms with E-state index in [1.54, 1.807) is 6.92 Å². The van der Waals surface area contributed by atoms with Crippen molar-refractivity contribution < 1.29 is 14.4 Å². The molecule has 1 aliphatic heterocycles. The molecule has 0 unspecified atom stereocenters. The van der Waals surface area contributed by atoms with Gasteiger partial charge in [0.15, 0.2) is 5.82 Å². The number of piperidine rings is 1. The largest absolute Gasteiger partial charge is 0.392 e. The van der Waals surface area contributed by atoms with Gasteiger partial charge < -0.3 is 14.9 Å². The van der Waals surface area contributed by atoms with E-state index in [9.17, 15) is 9.90 Å². The van der Waals surface area contributed by atoms with E-state index in [0.29, 0.717) is 24.8 Å². The van der Waals surface area contributed by atoms with Crippen molar-refractivity contribution in [1.29, 1.82) is 0 Å². The topological polar surface area (TPSA) is 91.5 Å². The van der Waals surface area contributed by atoms with Gasteiger partial charge in [0, 0.05) is 17.9 Å². The Morgan fingerprint density at radius 1 is 1.43 bits per heavy atom. The van der Waals surface area contributed by atoms with E-state index >= 15 is 0 Å². The molecule has 0 aliphatic carbocycles. The Kier molecular flexibility index (Phi) is 5.75. The zero-order valence-corrected chi connectivity index (χ0v) is 14.5. The van der Waals surface area contributed by atoms with E-state index in [0.717, 1.165) is 25.9 Å². The highest BCUT2D eigenvalue weighted by atomic mass is 16.5. The second-order valence-electron chi connectivity index (χ2n) is 7.41. The number of carbonyl (C=O) groups is 1. The van der Waals surface area contributed by atoms with Gasteiger partial charge in [0.05, 0.1) is 12.6 Å². The van der Waals surface area contributed by atoms with E-state index in [-0.39, 0.29) is 17.2 Å². The highest BCUT2D eigenvalue weighted by Crippen LogP contribution is 2.22. The van der Waals surface area contributed by atoms with Crippen molar-refractivity contribution in [3.63, 3.8) is 0 Å². The molecule has 0 aromatic carbocycles. The van der Waals surface area contributed by atoms with E-state index in [1.165, 1.54) is 0 Å². The first-order valence-electron chi connectivity index (χ1n) is 8.27. The summed E-state index contributed by atoms with van der Waals surface area (Å²) in [6.07, 6.45) is 1.12. The van der Waals surface area contributed by atoms with Crippen LogP contribution in [0.3, 0.4) is 0 Å². The number of carbonyl (C=O) groups excluding carboxylic acids is 1.